The highest BCUT2D eigenvalue weighted by Gasteiger charge is 2.64. The Morgan fingerprint density at radius 1 is 1.00 bits per heavy atom. The molecule has 2 saturated heterocycles. The molecule has 0 spiro atoms. The van der Waals surface area contributed by atoms with Crippen molar-refractivity contribution in [1.29, 1.82) is 0 Å². The minimum absolute atomic E-state index is 0.0306. The van der Waals surface area contributed by atoms with Crippen LogP contribution in [0.5, 0.6) is 0 Å². The Hall–Kier alpha value is -3.86. The van der Waals surface area contributed by atoms with E-state index in [1.165, 1.54) is 36.4 Å². The van der Waals surface area contributed by atoms with Crippen LogP contribution < -0.4 is 5.32 Å². The molecule has 2 aromatic rings. The third-order valence-electron chi connectivity index (χ3n) is 5.35. The smallest absolute Gasteiger partial charge is 0.338 e. The number of ether oxygens (including phenoxy) is 3. The second-order valence-corrected chi connectivity index (χ2v) is 7.65. The number of nitrogens with one attached hydrogen (secondary N) is 1. The SMILES string of the molecule is O=C1CCN(C2OC(COC(=O)c3ccccc3)C(OC(=O)c3ccccc3)C2(F)F)C(=O)N1. The molecular formula is C23H20F2N2O7. The quantitative estimate of drug-likeness (QED) is 0.640. The van der Waals surface area contributed by atoms with E-state index in [1.54, 1.807) is 24.3 Å². The number of nitrogens with zero attached hydrogens (tertiary/aromatic N) is 1. The fraction of sp³-hybridized carbons (Fsp3) is 0.304. The van der Waals surface area contributed by atoms with Crippen molar-refractivity contribution in [2.45, 2.75) is 30.8 Å². The van der Waals surface area contributed by atoms with Gasteiger partial charge in [-0.1, -0.05) is 36.4 Å². The van der Waals surface area contributed by atoms with E-state index in [0.717, 1.165) is 0 Å². The zero-order valence-electron chi connectivity index (χ0n) is 17.7. The van der Waals surface area contributed by atoms with Gasteiger partial charge in [0.2, 0.25) is 12.1 Å². The molecule has 0 saturated carbocycles. The van der Waals surface area contributed by atoms with Gasteiger partial charge in [-0.05, 0) is 24.3 Å². The Morgan fingerprint density at radius 2 is 1.59 bits per heavy atom. The summed E-state index contributed by atoms with van der Waals surface area (Å²) in [6.07, 6.45) is -6.09. The predicted molar refractivity (Wildman–Crippen MR) is 111 cm³/mol. The monoisotopic (exact) mass is 474 g/mol. The number of amides is 3. The minimum Gasteiger partial charge on any atom is -0.459 e. The van der Waals surface area contributed by atoms with E-state index < -0.39 is 54.8 Å². The van der Waals surface area contributed by atoms with Gasteiger partial charge in [0.1, 0.15) is 12.7 Å². The van der Waals surface area contributed by atoms with Gasteiger partial charge in [-0.3, -0.25) is 15.0 Å². The first-order valence-electron chi connectivity index (χ1n) is 10.4. The van der Waals surface area contributed by atoms with Crippen molar-refractivity contribution in [3.63, 3.8) is 0 Å². The summed E-state index contributed by atoms with van der Waals surface area (Å²) in [6, 6.07) is 14.3. The first kappa shape index (κ1) is 23.3. The maximum atomic E-state index is 15.5. The number of rotatable bonds is 6. The molecule has 4 rings (SSSR count). The highest BCUT2D eigenvalue weighted by molar-refractivity contribution is 5.96. The van der Waals surface area contributed by atoms with Gasteiger partial charge in [0.15, 0.2) is 6.10 Å². The lowest BCUT2D eigenvalue weighted by Crippen LogP contribution is -2.59. The maximum Gasteiger partial charge on any atom is 0.338 e. The van der Waals surface area contributed by atoms with Crippen LogP contribution in [0.25, 0.3) is 0 Å². The highest BCUT2D eigenvalue weighted by atomic mass is 19.3. The molecule has 11 heteroatoms. The van der Waals surface area contributed by atoms with Crippen LogP contribution in [0.1, 0.15) is 27.1 Å². The van der Waals surface area contributed by atoms with Crippen molar-refractivity contribution in [2.75, 3.05) is 13.2 Å². The van der Waals surface area contributed by atoms with Crippen LogP contribution in [0.4, 0.5) is 13.6 Å². The van der Waals surface area contributed by atoms with Crippen LogP contribution >= 0.6 is 0 Å². The van der Waals surface area contributed by atoms with E-state index in [4.69, 9.17) is 14.2 Å². The molecule has 2 aromatic carbocycles. The van der Waals surface area contributed by atoms with Crippen molar-refractivity contribution < 1.29 is 42.2 Å². The molecular weight excluding hydrogens is 454 g/mol. The maximum absolute atomic E-state index is 15.5. The van der Waals surface area contributed by atoms with E-state index in [-0.39, 0.29) is 24.1 Å². The zero-order valence-corrected chi connectivity index (χ0v) is 17.7. The third kappa shape index (κ3) is 4.74. The summed E-state index contributed by atoms with van der Waals surface area (Å²) in [5, 5.41) is 1.95. The molecule has 9 nitrogen and oxygen atoms in total. The van der Waals surface area contributed by atoms with E-state index >= 15 is 8.78 Å². The Morgan fingerprint density at radius 3 is 2.18 bits per heavy atom. The van der Waals surface area contributed by atoms with Crippen LogP contribution in [0.2, 0.25) is 0 Å². The molecule has 0 radical (unpaired) electrons. The summed E-state index contributed by atoms with van der Waals surface area (Å²) in [6.45, 7) is -0.984. The van der Waals surface area contributed by atoms with Gasteiger partial charge < -0.3 is 14.2 Å². The van der Waals surface area contributed by atoms with E-state index in [9.17, 15) is 19.2 Å². The number of esters is 2. The molecule has 3 atom stereocenters. The number of carbonyl (C=O) groups is 4. The Balaban J connectivity index is 1.55. The number of urea groups is 1. The third-order valence-corrected chi connectivity index (χ3v) is 5.35. The molecule has 2 aliphatic rings. The highest BCUT2D eigenvalue weighted by Crippen LogP contribution is 2.41. The van der Waals surface area contributed by atoms with Gasteiger partial charge in [-0.25, -0.2) is 14.4 Å². The molecule has 3 amide bonds. The second kappa shape index (κ2) is 9.56. The first-order valence-corrected chi connectivity index (χ1v) is 10.4. The number of halogens is 2. The lowest BCUT2D eigenvalue weighted by atomic mass is 10.1. The summed E-state index contributed by atoms with van der Waals surface area (Å²) in [4.78, 5) is 49.1. The predicted octanol–water partition coefficient (Wildman–Crippen LogP) is 2.37. The Bertz CT molecular complexity index is 1080. The van der Waals surface area contributed by atoms with Gasteiger partial charge in [0, 0.05) is 13.0 Å². The van der Waals surface area contributed by atoms with Crippen molar-refractivity contribution >= 4 is 23.9 Å². The Labute approximate surface area is 192 Å². The van der Waals surface area contributed by atoms with Crippen molar-refractivity contribution in [1.82, 2.24) is 10.2 Å². The fourth-order valence-corrected chi connectivity index (χ4v) is 3.65. The Kier molecular flexibility index (Phi) is 6.55. The molecule has 34 heavy (non-hydrogen) atoms. The van der Waals surface area contributed by atoms with Crippen LogP contribution in [-0.2, 0) is 19.0 Å². The normalized spacial score (nSPS) is 23.8. The number of hydrogen-bond donors (Lipinski definition) is 1. The summed E-state index contributed by atoms with van der Waals surface area (Å²) < 4.78 is 46.6. The van der Waals surface area contributed by atoms with Crippen LogP contribution in [0.3, 0.4) is 0 Å². The molecule has 0 aromatic heterocycles. The summed E-state index contributed by atoms with van der Waals surface area (Å²) in [7, 11) is 0. The summed E-state index contributed by atoms with van der Waals surface area (Å²) in [5.74, 6) is -6.30. The van der Waals surface area contributed by atoms with Crippen LogP contribution in [-0.4, -0.2) is 66.3 Å². The molecule has 178 valence electrons. The van der Waals surface area contributed by atoms with E-state index in [1.807, 2.05) is 5.32 Å². The molecule has 0 aliphatic carbocycles. The minimum atomic E-state index is -3.87. The first-order chi connectivity index (χ1) is 16.3. The topological polar surface area (TPSA) is 111 Å². The molecule has 0 bridgehead atoms. The van der Waals surface area contributed by atoms with E-state index in [2.05, 4.69) is 0 Å². The lowest BCUT2D eigenvalue weighted by Gasteiger charge is -2.34. The fourth-order valence-electron chi connectivity index (χ4n) is 3.65. The van der Waals surface area contributed by atoms with Gasteiger partial charge in [-0.15, -0.1) is 0 Å². The van der Waals surface area contributed by atoms with E-state index in [0.29, 0.717) is 4.90 Å². The van der Waals surface area contributed by atoms with Crippen LogP contribution in [0.15, 0.2) is 60.7 Å². The molecule has 1 N–H and O–H groups in total. The largest absolute Gasteiger partial charge is 0.459 e. The van der Waals surface area contributed by atoms with Gasteiger partial charge in [0.25, 0.3) is 0 Å². The average Bonchev–Trinajstić information content (AvgIpc) is 3.08. The standard InChI is InChI=1S/C23H20F2N2O7/c24-23(25)18(34-20(30)15-9-5-2-6-10-15)16(13-32-19(29)14-7-3-1-4-8-14)33-21(23)27-12-11-17(28)26-22(27)31/h1-10,16,18,21H,11-13H2,(H,26,28,31). The molecule has 2 aliphatic heterocycles. The van der Waals surface area contributed by atoms with Crippen LogP contribution in [0, 0.1) is 0 Å². The van der Waals surface area contributed by atoms with Gasteiger partial charge in [-0.2, -0.15) is 8.78 Å². The number of alkyl halides is 2. The lowest BCUT2D eigenvalue weighted by molar-refractivity contribution is -0.159. The second-order valence-electron chi connectivity index (χ2n) is 7.65. The van der Waals surface area contributed by atoms with Crippen molar-refractivity contribution in [3.8, 4) is 0 Å². The summed E-state index contributed by atoms with van der Waals surface area (Å²) in [5.41, 5.74) is 0.221. The molecule has 2 heterocycles. The van der Waals surface area contributed by atoms with Gasteiger partial charge in [0.05, 0.1) is 11.1 Å². The summed E-state index contributed by atoms with van der Waals surface area (Å²) >= 11 is 0. The molecule has 2 fully saturated rings. The average molecular weight is 474 g/mol. The number of benzene rings is 2. The van der Waals surface area contributed by atoms with Gasteiger partial charge >= 0.3 is 23.9 Å². The molecule has 3 unspecified atom stereocenters. The van der Waals surface area contributed by atoms with Crippen molar-refractivity contribution in [2.24, 2.45) is 0 Å². The number of carbonyl (C=O) groups excluding carboxylic acids is 4. The zero-order chi connectivity index (χ0) is 24.3. The van der Waals surface area contributed by atoms with Crippen molar-refractivity contribution in [3.05, 3.63) is 71.8 Å². The number of imide groups is 1. The number of hydrogen-bond acceptors (Lipinski definition) is 7.